The molecule has 0 unspecified atom stereocenters. The van der Waals surface area contributed by atoms with E-state index < -0.39 is 5.82 Å². The molecule has 2 aliphatic heterocycles. The number of hydrogen-bond donors (Lipinski definition) is 2. The van der Waals surface area contributed by atoms with Gasteiger partial charge < -0.3 is 34.3 Å². The van der Waals surface area contributed by atoms with Crippen LogP contribution in [0.3, 0.4) is 0 Å². The highest BCUT2D eigenvalue weighted by Crippen LogP contribution is 2.46. The molecule has 1 fully saturated rings. The normalized spacial score (nSPS) is 13.8. The highest BCUT2D eigenvalue weighted by molar-refractivity contribution is 5.97. The van der Waals surface area contributed by atoms with Gasteiger partial charge in [0, 0.05) is 31.5 Å². The summed E-state index contributed by atoms with van der Waals surface area (Å²) in [5.74, 6) is 1.56. The van der Waals surface area contributed by atoms with E-state index in [-0.39, 0.29) is 22.3 Å². The summed E-state index contributed by atoms with van der Waals surface area (Å²) in [6.07, 6.45) is 4.83. The first-order valence-corrected chi connectivity index (χ1v) is 15.7. The van der Waals surface area contributed by atoms with Crippen LogP contribution >= 0.6 is 0 Å². The Balaban J connectivity index is 1.27. The van der Waals surface area contributed by atoms with Crippen LogP contribution in [0.5, 0.6) is 23.0 Å². The summed E-state index contributed by atoms with van der Waals surface area (Å²) < 4.78 is 35.2. The molecule has 0 aliphatic carbocycles. The Morgan fingerprint density at radius 1 is 0.978 bits per heavy atom. The van der Waals surface area contributed by atoms with Crippen LogP contribution in [0.1, 0.15) is 24.0 Å². The summed E-state index contributed by atoms with van der Waals surface area (Å²) >= 11 is 0. The quantitative estimate of drug-likeness (QED) is 0.167. The van der Waals surface area contributed by atoms with Crippen molar-refractivity contribution in [1.29, 1.82) is 0 Å². The van der Waals surface area contributed by atoms with Crippen LogP contribution in [0.15, 0.2) is 78.2 Å². The molecule has 0 radical (unpaired) electrons. The van der Waals surface area contributed by atoms with Gasteiger partial charge >= 0.3 is 0 Å². The number of fused-ring (bicyclic) bond motifs is 3. The van der Waals surface area contributed by atoms with Gasteiger partial charge in [-0.25, -0.2) is 4.39 Å². The second-order valence-electron chi connectivity index (χ2n) is 11.8. The fraction of sp³-hybridized carbons (Fsp3) is 0.270. The lowest BCUT2D eigenvalue weighted by molar-refractivity contribution is 0.343. The second kappa shape index (κ2) is 12.4. The van der Waals surface area contributed by atoms with Gasteiger partial charge in [-0.3, -0.25) is 4.79 Å². The van der Waals surface area contributed by atoms with Crippen LogP contribution in [0.2, 0.25) is 0 Å². The Morgan fingerprint density at radius 2 is 1.74 bits per heavy atom. The highest BCUT2D eigenvalue weighted by Gasteiger charge is 2.28. The Bertz CT molecular complexity index is 2030. The first kappa shape index (κ1) is 29.7. The number of benzene rings is 4. The predicted octanol–water partition coefficient (Wildman–Crippen LogP) is 6.72. The number of nitrogens with zero attached hydrogens (tertiary/aromatic N) is 2. The molecular weight excluding hydrogens is 583 g/mol. The van der Waals surface area contributed by atoms with Gasteiger partial charge in [-0.2, -0.15) is 0 Å². The van der Waals surface area contributed by atoms with Crippen LogP contribution in [0, 0.1) is 5.82 Å². The van der Waals surface area contributed by atoms with E-state index in [1.165, 1.54) is 18.9 Å². The third kappa shape index (κ3) is 5.41. The van der Waals surface area contributed by atoms with E-state index in [1.54, 1.807) is 20.4 Å². The van der Waals surface area contributed by atoms with Crippen molar-refractivity contribution >= 4 is 33.1 Å². The number of hydrogen-bond acceptors (Lipinski definition) is 7. The summed E-state index contributed by atoms with van der Waals surface area (Å²) in [5.41, 5.74) is 3.10. The van der Waals surface area contributed by atoms with Gasteiger partial charge in [0.25, 0.3) is 0 Å². The van der Waals surface area contributed by atoms with Crippen LogP contribution in [0.25, 0.3) is 33.1 Å². The van der Waals surface area contributed by atoms with E-state index in [2.05, 4.69) is 22.1 Å². The molecule has 2 N–H and O–H groups in total. The fourth-order valence-corrected chi connectivity index (χ4v) is 6.52. The number of pyridine rings is 1. The van der Waals surface area contributed by atoms with E-state index in [1.807, 2.05) is 59.2 Å². The van der Waals surface area contributed by atoms with Gasteiger partial charge in [-0.1, -0.05) is 36.9 Å². The zero-order valence-electron chi connectivity index (χ0n) is 26.1. The van der Waals surface area contributed by atoms with E-state index >= 15 is 4.39 Å². The highest BCUT2D eigenvalue weighted by atomic mass is 19.1. The molecule has 0 atom stereocenters. The van der Waals surface area contributed by atoms with Crippen LogP contribution < -0.4 is 30.3 Å². The average Bonchev–Trinajstić information content (AvgIpc) is 3.59. The summed E-state index contributed by atoms with van der Waals surface area (Å²) in [6.45, 7) is 8.36. The van der Waals surface area contributed by atoms with E-state index in [4.69, 9.17) is 14.2 Å². The third-order valence-electron chi connectivity index (χ3n) is 8.95. The lowest BCUT2D eigenvalue weighted by atomic mass is 10.0. The maximum atomic E-state index is 16.0. The number of halogens is 1. The fourth-order valence-electron chi connectivity index (χ4n) is 6.52. The topological polar surface area (TPSA) is 77.0 Å². The van der Waals surface area contributed by atoms with Crippen molar-refractivity contribution in [1.82, 2.24) is 14.8 Å². The van der Waals surface area contributed by atoms with Crippen molar-refractivity contribution in [3.63, 3.8) is 0 Å². The Hall–Kier alpha value is -5.02. The van der Waals surface area contributed by atoms with Gasteiger partial charge in [0.2, 0.25) is 0 Å². The van der Waals surface area contributed by atoms with Crippen LogP contribution in [0.4, 0.5) is 10.1 Å². The van der Waals surface area contributed by atoms with Crippen LogP contribution in [-0.4, -0.2) is 56.4 Å². The molecule has 8 nitrogen and oxygen atoms in total. The first-order valence-electron chi connectivity index (χ1n) is 15.7. The number of anilines is 1. The number of nitrogens with one attached hydrogen (secondary N) is 2. The minimum absolute atomic E-state index is 0.204. The molecular formula is C37H37FN4O4. The molecule has 9 heteroatoms. The Kier molecular flexibility index (Phi) is 8.00. The van der Waals surface area contributed by atoms with E-state index in [9.17, 15) is 4.79 Å². The van der Waals surface area contributed by atoms with Gasteiger partial charge in [-0.05, 0) is 79.0 Å². The van der Waals surface area contributed by atoms with Gasteiger partial charge in [0.1, 0.15) is 11.2 Å². The second-order valence-corrected chi connectivity index (χ2v) is 11.8. The van der Waals surface area contributed by atoms with Gasteiger partial charge in [-0.15, -0.1) is 0 Å². The largest absolute Gasteiger partial charge is 0.493 e. The Morgan fingerprint density at radius 3 is 2.50 bits per heavy atom. The molecule has 3 heterocycles. The molecule has 1 aromatic heterocycles. The van der Waals surface area contributed by atoms with Crippen LogP contribution in [-0.2, 0) is 6.42 Å². The molecule has 0 bridgehead atoms. The lowest BCUT2D eigenvalue weighted by Gasteiger charge is -2.27. The minimum Gasteiger partial charge on any atom is -0.493 e. The van der Waals surface area contributed by atoms with Crippen molar-refractivity contribution in [2.75, 3.05) is 52.3 Å². The van der Waals surface area contributed by atoms with Gasteiger partial charge in [0.15, 0.2) is 34.2 Å². The van der Waals surface area contributed by atoms with E-state index in [0.717, 1.165) is 41.7 Å². The summed E-state index contributed by atoms with van der Waals surface area (Å²) in [7, 11) is 3.19. The lowest BCUT2D eigenvalue weighted by Crippen LogP contribution is -2.30. The Labute approximate surface area is 267 Å². The first-order chi connectivity index (χ1) is 22.4. The van der Waals surface area contributed by atoms with Crippen molar-refractivity contribution in [3.8, 4) is 28.7 Å². The molecule has 0 spiro atoms. The molecule has 1 saturated heterocycles. The number of ether oxygens (including phenoxy) is 3. The van der Waals surface area contributed by atoms with Gasteiger partial charge in [0.05, 0.1) is 30.9 Å². The molecule has 46 heavy (non-hydrogen) atoms. The third-order valence-corrected chi connectivity index (χ3v) is 8.95. The van der Waals surface area contributed by atoms with Crippen molar-refractivity contribution in [2.45, 2.75) is 19.3 Å². The van der Waals surface area contributed by atoms with E-state index in [0.29, 0.717) is 53.5 Å². The average molecular weight is 621 g/mol. The molecule has 236 valence electrons. The monoisotopic (exact) mass is 620 g/mol. The maximum absolute atomic E-state index is 16.0. The zero-order valence-corrected chi connectivity index (χ0v) is 26.1. The van der Waals surface area contributed by atoms with Crippen molar-refractivity contribution in [3.05, 3.63) is 101 Å². The standard InChI is InChI=1S/C37H37FN4O4/c1-23(39-14-17-41-15-6-7-16-41)28-22-42-30-19-25-8-4-5-9-26(25)20-32(30)46-37-34(29(38)21-27(35(37)42)36(28)43)40-13-12-24-10-11-31(44-2)33(18-24)45-3/h4-5,8-11,18-22,39-40H,1,6-7,12-17H2,2-3H3. The summed E-state index contributed by atoms with van der Waals surface area (Å²) in [6, 6.07) is 19.0. The summed E-state index contributed by atoms with van der Waals surface area (Å²) in [4.78, 5) is 16.3. The number of likely N-dealkylation sites (tertiary alicyclic amines) is 1. The maximum Gasteiger partial charge on any atom is 0.198 e. The molecule has 5 aromatic rings. The number of methoxy groups -OCH3 is 2. The number of aromatic nitrogens is 1. The van der Waals surface area contributed by atoms with Crippen molar-refractivity contribution < 1.29 is 18.6 Å². The zero-order chi connectivity index (χ0) is 31.8. The molecule has 7 rings (SSSR count). The predicted molar refractivity (Wildman–Crippen MR) is 182 cm³/mol. The molecule has 0 amide bonds. The minimum atomic E-state index is -0.563. The SMILES string of the molecule is C=C(NCCN1CCCC1)c1cn2c3c(c(NCCc4ccc(OC)c(OC)c4)c(F)cc3c1=O)Oc1cc3ccccc3cc1-2. The molecule has 4 aromatic carbocycles. The smallest absolute Gasteiger partial charge is 0.198 e. The summed E-state index contributed by atoms with van der Waals surface area (Å²) in [5, 5.41) is 8.86. The van der Waals surface area contributed by atoms with Crippen molar-refractivity contribution in [2.24, 2.45) is 0 Å². The number of rotatable bonds is 11. The molecule has 2 aliphatic rings. The molecule has 0 saturated carbocycles.